The number of para-hydroxylation sites is 1. The first-order chi connectivity index (χ1) is 9.69. The van der Waals surface area contributed by atoms with Gasteiger partial charge in [-0.2, -0.15) is 0 Å². The van der Waals surface area contributed by atoms with Gasteiger partial charge in [-0.3, -0.25) is 0 Å². The molecule has 0 saturated heterocycles. The van der Waals surface area contributed by atoms with Crippen molar-refractivity contribution in [2.24, 2.45) is 0 Å². The Kier molecular flexibility index (Phi) is 2.83. The minimum absolute atomic E-state index is 0.0652. The van der Waals surface area contributed by atoms with Crippen LogP contribution in [0.15, 0.2) is 41.0 Å². The van der Waals surface area contributed by atoms with E-state index in [0.717, 1.165) is 5.39 Å². The van der Waals surface area contributed by atoms with Crippen LogP contribution in [-0.2, 0) is 0 Å². The van der Waals surface area contributed by atoms with E-state index < -0.39 is 5.97 Å². The standard InChI is InChI=1S/C14H11N3O3/c1-15-12-6-10(14(18)19)16-13(17-12)9-7-20-11-5-3-2-4-8(9)11/h2-7H,1H3,(H,18,19)(H,15,16,17). The summed E-state index contributed by atoms with van der Waals surface area (Å²) >= 11 is 0. The fourth-order valence-electron chi connectivity index (χ4n) is 1.96. The molecule has 6 heteroatoms. The smallest absolute Gasteiger partial charge is 0.354 e. The number of aromatic carboxylic acids is 1. The minimum Gasteiger partial charge on any atom is -0.477 e. The lowest BCUT2D eigenvalue weighted by Crippen LogP contribution is -2.05. The monoisotopic (exact) mass is 269 g/mol. The predicted molar refractivity (Wildman–Crippen MR) is 73.7 cm³/mol. The number of hydrogen-bond acceptors (Lipinski definition) is 5. The molecule has 2 N–H and O–H groups in total. The summed E-state index contributed by atoms with van der Waals surface area (Å²) in [6, 6.07) is 8.83. The average molecular weight is 269 g/mol. The maximum Gasteiger partial charge on any atom is 0.354 e. The molecule has 100 valence electrons. The van der Waals surface area contributed by atoms with Crippen LogP contribution in [0.4, 0.5) is 5.82 Å². The SMILES string of the molecule is CNc1cc(C(=O)O)nc(-c2coc3ccccc23)n1. The van der Waals surface area contributed by atoms with Crippen molar-refractivity contribution in [2.75, 3.05) is 12.4 Å². The number of benzene rings is 1. The highest BCUT2D eigenvalue weighted by Crippen LogP contribution is 2.28. The first-order valence-electron chi connectivity index (χ1n) is 5.96. The van der Waals surface area contributed by atoms with Crippen LogP contribution in [0.25, 0.3) is 22.4 Å². The highest BCUT2D eigenvalue weighted by atomic mass is 16.4. The number of carboxylic acids is 1. The van der Waals surface area contributed by atoms with Crippen molar-refractivity contribution >= 4 is 22.8 Å². The van der Waals surface area contributed by atoms with Crippen LogP contribution in [0.1, 0.15) is 10.5 Å². The normalized spacial score (nSPS) is 10.7. The van der Waals surface area contributed by atoms with Gasteiger partial charge in [0.1, 0.15) is 17.7 Å². The number of furan rings is 1. The molecule has 0 fully saturated rings. The van der Waals surface area contributed by atoms with Crippen molar-refractivity contribution in [2.45, 2.75) is 0 Å². The molecule has 0 aliphatic heterocycles. The van der Waals surface area contributed by atoms with Gasteiger partial charge in [0, 0.05) is 18.5 Å². The first kappa shape index (κ1) is 12.2. The second-order valence-electron chi connectivity index (χ2n) is 4.16. The lowest BCUT2D eigenvalue weighted by molar-refractivity contribution is 0.0690. The van der Waals surface area contributed by atoms with Gasteiger partial charge in [-0.25, -0.2) is 14.8 Å². The molecule has 0 radical (unpaired) electrons. The van der Waals surface area contributed by atoms with Crippen LogP contribution in [0, 0.1) is 0 Å². The van der Waals surface area contributed by atoms with E-state index in [1.807, 2.05) is 24.3 Å². The van der Waals surface area contributed by atoms with Crippen molar-refractivity contribution in [1.82, 2.24) is 9.97 Å². The molecule has 3 rings (SSSR count). The van der Waals surface area contributed by atoms with E-state index in [9.17, 15) is 4.79 Å². The summed E-state index contributed by atoms with van der Waals surface area (Å²) in [5, 5.41) is 12.8. The maximum atomic E-state index is 11.1. The van der Waals surface area contributed by atoms with E-state index in [4.69, 9.17) is 9.52 Å². The zero-order valence-corrected chi connectivity index (χ0v) is 10.6. The highest BCUT2D eigenvalue weighted by molar-refractivity contribution is 5.93. The van der Waals surface area contributed by atoms with Gasteiger partial charge >= 0.3 is 5.97 Å². The van der Waals surface area contributed by atoms with E-state index in [-0.39, 0.29) is 5.69 Å². The Morgan fingerprint density at radius 3 is 2.85 bits per heavy atom. The summed E-state index contributed by atoms with van der Waals surface area (Å²) in [4.78, 5) is 19.5. The van der Waals surface area contributed by atoms with Crippen molar-refractivity contribution in [3.63, 3.8) is 0 Å². The molecule has 20 heavy (non-hydrogen) atoms. The number of hydrogen-bond donors (Lipinski definition) is 2. The van der Waals surface area contributed by atoms with Crippen LogP contribution in [0.5, 0.6) is 0 Å². The molecule has 0 bridgehead atoms. The third-order valence-electron chi connectivity index (χ3n) is 2.92. The summed E-state index contributed by atoms with van der Waals surface area (Å²) < 4.78 is 5.43. The zero-order valence-electron chi connectivity index (χ0n) is 10.6. The molecule has 0 saturated carbocycles. The molecule has 0 unspecified atom stereocenters. The van der Waals surface area contributed by atoms with E-state index >= 15 is 0 Å². The van der Waals surface area contributed by atoms with Crippen molar-refractivity contribution in [1.29, 1.82) is 0 Å². The number of nitrogens with one attached hydrogen (secondary N) is 1. The minimum atomic E-state index is -1.10. The molecule has 2 aromatic heterocycles. The summed E-state index contributed by atoms with van der Waals surface area (Å²) in [5.74, 6) is -0.338. The highest BCUT2D eigenvalue weighted by Gasteiger charge is 2.15. The number of nitrogens with zero attached hydrogens (tertiary/aromatic N) is 2. The van der Waals surface area contributed by atoms with E-state index in [0.29, 0.717) is 22.8 Å². The molecule has 0 aliphatic carbocycles. The Balaban J connectivity index is 2.23. The molecule has 6 nitrogen and oxygen atoms in total. The molecular formula is C14H11N3O3. The number of carboxylic acid groups (broad SMARTS) is 1. The maximum absolute atomic E-state index is 11.1. The first-order valence-corrected chi connectivity index (χ1v) is 5.96. The summed E-state index contributed by atoms with van der Waals surface area (Å²) in [7, 11) is 1.67. The topological polar surface area (TPSA) is 88.2 Å². The van der Waals surface area contributed by atoms with Gasteiger partial charge in [0.15, 0.2) is 11.5 Å². The predicted octanol–water partition coefficient (Wildman–Crippen LogP) is 2.63. The summed E-state index contributed by atoms with van der Waals surface area (Å²) in [5.41, 5.74) is 1.31. The lowest BCUT2D eigenvalue weighted by Gasteiger charge is -2.04. The van der Waals surface area contributed by atoms with Crippen LogP contribution in [0.3, 0.4) is 0 Å². The van der Waals surface area contributed by atoms with Gasteiger partial charge in [0.05, 0.1) is 5.56 Å². The second kappa shape index (κ2) is 4.65. The number of fused-ring (bicyclic) bond motifs is 1. The average Bonchev–Trinajstić information content (AvgIpc) is 2.90. The molecule has 0 aliphatic rings. The van der Waals surface area contributed by atoms with Crippen molar-refractivity contribution < 1.29 is 14.3 Å². The van der Waals surface area contributed by atoms with Crippen LogP contribution in [-0.4, -0.2) is 28.1 Å². The fraction of sp³-hybridized carbons (Fsp3) is 0.0714. The van der Waals surface area contributed by atoms with Crippen LogP contribution >= 0.6 is 0 Å². The molecule has 0 spiro atoms. The van der Waals surface area contributed by atoms with Crippen molar-refractivity contribution in [3.05, 3.63) is 42.3 Å². The fourth-order valence-corrected chi connectivity index (χ4v) is 1.96. The Bertz CT molecular complexity index is 795. The van der Waals surface area contributed by atoms with Crippen molar-refractivity contribution in [3.8, 4) is 11.4 Å². The van der Waals surface area contributed by atoms with Crippen LogP contribution in [0.2, 0.25) is 0 Å². The number of rotatable bonds is 3. The van der Waals surface area contributed by atoms with E-state index in [1.54, 1.807) is 7.05 Å². The molecule has 1 aromatic carbocycles. The summed E-state index contributed by atoms with van der Waals surface area (Å²) in [6.07, 6.45) is 1.53. The lowest BCUT2D eigenvalue weighted by atomic mass is 10.1. The van der Waals surface area contributed by atoms with Gasteiger partial charge in [0.25, 0.3) is 0 Å². The Labute approximate surface area is 114 Å². The van der Waals surface area contributed by atoms with Gasteiger partial charge in [-0.15, -0.1) is 0 Å². The Morgan fingerprint density at radius 2 is 2.10 bits per heavy atom. The van der Waals surface area contributed by atoms with E-state index in [2.05, 4.69) is 15.3 Å². The quantitative estimate of drug-likeness (QED) is 0.759. The molecule has 3 aromatic rings. The number of carbonyl (C=O) groups is 1. The van der Waals surface area contributed by atoms with E-state index in [1.165, 1.54) is 12.3 Å². The van der Waals surface area contributed by atoms with Crippen LogP contribution < -0.4 is 5.32 Å². The Morgan fingerprint density at radius 1 is 1.30 bits per heavy atom. The molecular weight excluding hydrogens is 258 g/mol. The number of anilines is 1. The van der Waals surface area contributed by atoms with Gasteiger partial charge in [-0.05, 0) is 6.07 Å². The number of aromatic nitrogens is 2. The molecule has 0 amide bonds. The Hall–Kier alpha value is -2.89. The molecule has 0 atom stereocenters. The zero-order chi connectivity index (χ0) is 14.1. The van der Waals surface area contributed by atoms with Gasteiger partial charge in [0.2, 0.25) is 0 Å². The van der Waals surface area contributed by atoms with Gasteiger partial charge < -0.3 is 14.8 Å². The second-order valence-corrected chi connectivity index (χ2v) is 4.16. The third kappa shape index (κ3) is 1.97. The third-order valence-corrected chi connectivity index (χ3v) is 2.92. The van der Waals surface area contributed by atoms with Gasteiger partial charge in [-0.1, -0.05) is 18.2 Å². The summed E-state index contributed by atoms with van der Waals surface area (Å²) in [6.45, 7) is 0. The molecule has 2 heterocycles. The largest absolute Gasteiger partial charge is 0.477 e.